The zero-order chi connectivity index (χ0) is 21.8. The third-order valence-corrected chi connectivity index (χ3v) is 6.38. The molecule has 0 spiro atoms. The van der Waals surface area contributed by atoms with Crippen molar-refractivity contribution in [1.82, 2.24) is 9.62 Å². The summed E-state index contributed by atoms with van der Waals surface area (Å²) < 4.78 is 26.3. The molecule has 0 bridgehead atoms. The number of nitrogens with zero attached hydrogens (tertiary/aromatic N) is 1. The van der Waals surface area contributed by atoms with E-state index >= 15 is 0 Å². The maximum atomic E-state index is 12.7. The molecule has 1 aromatic rings. The number of hydrogen-bond acceptors (Lipinski definition) is 6. The van der Waals surface area contributed by atoms with Gasteiger partial charge < -0.3 is 20.6 Å². The minimum atomic E-state index is -4.07. The zero-order valence-electron chi connectivity index (χ0n) is 15.1. The van der Waals surface area contributed by atoms with Gasteiger partial charge in [0.25, 0.3) is 5.91 Å². The highest BCUT2D eigenvalue weighted by atomic mass is 32.2. The van der Waals surface area contributed by atoms with Crippen LogP contribution in [0.15, 0.2) is 29.2 Å². The molecule has 1 amide bonds. The Morgan fingerprint density at radius 1 is 1.10 bits per heavy atom. The van der Waals surface area contributed by atoms with E-state index in [2.05, 4.69) is 5.32 Å². The molecule has 1 aromatic carbocycles. The molecule has 1 aliphatic rings. The van der Waals surface area contributed by atoms with Gasteiger partial charge in [0.2, 0.25) is 10.0 Å². The normalized spacial score (nSPS) is 18.1. The first kappa shape index (κ1) is 22.3. The van der Waals surface area contributed by atoms with Crippen molar-refractivity contribution in [2.24, 2.45) is 0 Å². The second kappa shape index (κ2) is 9.01. The lowest BCUT2D eigenvalue weighted by Crippen LogP contribution is -2.41. The summed E-state index contributed by atoms with van der Waals surface area (Å²) in [4.78, 5) is 45.0. The topological polar surface area (TPSA) is 178 Å². The Balaban J connectivity index is 2.14. The number of carboxylic acid groups (broad SMARTS) is 3. The van der Waals surface area contributed by atoms with E-state index in [1.165, 1.54) is 12.1 Å². The van der Waals surface area contributed by atoms with Crippen molar-refractivity contribution in [2.45, 2.75) is 42.7 Å². The molecule has 2 atom stereocenters. The van der Waals surface area contributed by atoms with Gasteiger partial charge in [0.05, 0.1) is 4.90 Å². The molecule has 4 N–H and O–H groups in total. The minimum absolute atomic E-state index is 0.0262. The van der Waals surface area contributed by atoms with Crippen LogP contribution >= 0.6 is 0 Å². The fraction of sp³-hybridized carbons (Fsp3) is 0.412. The Morgan fingerprint density at radius 3 is 2.24 bits per heavy atom. The van der Waals surface area contributed by atoms with Crippen molar-refractivity contribution < 1.29 is 42.9 Å². The Kier molecular flexibility index (Phi) is 6.93. The number of amides is 1. The van der Waals surface area contributed by atoms with Crippen molar-refractivity contribution in [1.29, 1.82) is 0 Å². The van der Waals surface area contributed by atoms with Gasteiger partial charge in [0.15, 0.2) is 0 Å². The molecule has 0 saturated carbocycles. The summed E-state index contributed by atoms with van der Waals surface area (Å²) in [6, 6.07) is 2.05. The molecular weight excluding hydrogens is 408 g/mol. The number of hydrogen-bond donors (Lipinski definition) is 4. The molecule has 29 heavy (non-hydrogen) atoms. The summed E-state index contributed by atoms with van der Waals surface area (Å²) in [6.45, 7) is 0.0748. The van der Waals surface area contributed by atoms with E-state index in [1.807, 2.05) is 0 Å². The number of carbonyl (C=O) groups is 4. The average Bonchev–Trinajstić information content (AvgIpc) is 3.15. The molecule has 158 valence electrons. The first-order valence-electron chi connectivity index (χ1n) is 8.64. The van der Waals surface area contributed by atoms with E-state index in [0.29, 0.717) is 6.42 Å². The van der Waals surface area contributed by atoms with Gasteiger partial charge in [-0.15, -0.1) is 0 Å². The van der Waals surface area contributed by atoms with Gasteiger partial charge in [0, 0.05) is 18.5 Å². The van der Waals surface area contributed by atoms with Gasteiger partial charge in [-0.05, 0) is 43.5 Å². The highest BCUT2D eigenvalue weighted by Crippen LogP contribution is 2.26. The number of rotatable bonds is 9. The van der Waals surface area contributed by atoms with Crippen molar-refractivity contribution in [2.75, 3.05) is 6.54 Å². The zero-order valence-corrected chi connectivity index (χ0v) is 16.0. The van der Waals surface area contributed by atoms with Crippen LogP contribution in [-0.2, 0) is 24.4 Å². The Hall–Kier alpha value is -2.99. The largest absolute Gasteiger partial charge is 0.481 e. The van der Waals surface area contributed by atoms with Crippen LogP contribution in [0.1, 0.15) is 36.0 Å². The van der Waals surface area contributed by atoms with E-state index in [4.69, 9.17) is 10.2 Å². The molecule has 0 radical (unpaired) electrons. The Labute approximate surface area is 166 Å². The first-order chi connectivity index (χ1) is 13.5. The predicted molar refractivity (Wildman–Crippen MR) is 96.8 cm³/mol. The standard InChI is InChI=1S/C17H20N2O9S/c20-14(21)8-7-12(16(23)24)18-15(22)10-3-5-11(6-4-10)29(27,28)19-9-1-2-13(19)17(25)26/h3-6,12-13H,1-2,7-9H2,(H,18,22)(H,20,21)(H,23,24)(H,25,26)/t12-,13-/m0/s1. The maximum absolute atomic E-state index is 12.7. The Bertz CT molecular complexity index is 911. The number of sulfonamides is 1. The van der Waals surface area contributed by atoms with Gasteiger partial charge in [0.1, 0.15) is 12.1 Å². The first-order valence-corrected chi connectivity index (χ1v) is 10.1. The summed E-state index contributed by atoms with van der Waals surface area (Å²) in [5.41, 5.74) is -0.0262. The lowest BCUT2D eigenvalue weighted by molar-refractivity contribution is -0.141. The molecule has 12 heteroatoms. The van der Waals surface area contributed by atoms with E-state index < -0.39 is 52.3 Å². The molecule has 1 aliphatic heterocycles. The fourth-order valence-electron chi connectivity index (χ4n) is 2.96. The lowest BCUT2D eigenvalue weighted by Gasteiger charge is -2.21. The van der Waals surface area contributed by atoms with E-state index in [1.54, 1.807) is 0 Å². The fourth-order valence-corrected chi connectivity index (χ4v) is 4.61. The highest BCUT2D eigenvalue weighted by Gasteiger charge is 2.39. The molecule has 0 aromatic heterocycles. The van der Waals surface area contributed by atoms with Crippen molar-refractivity contribution >= 4 is 33.8 Å². The molecule has 1 fully saturated rings. The molecule has 0 unspecified atom stereocenters. The van der Waals surface area contributed by atoms with Crippen LogP contribution in [-0.4, -0.2) is 70.5 Å². The molecule has 2 rings (SSSR count). The predicted octanol–water partition coefficient (Wildman–Crippen LogP) is -0.0279. The van der Waals surface area contributed by atoms with Crippen LogP contribution < -0.4 is 5.32 Å². The quantitative estimate of drug-likeness (QED) is 0.420. The summed E-state index contributed by atoms with van der Waals surface area (Å²) in [5, 5.41) is 29.1. The lowest BCUT2D eigenvalue weighted by atomic mass is 10.1. The molecule has 0 aliphatic carbocycles. The van der Waals surface area contributed by atoms with E-state index in [9.17, 15) is 32.7 Å². The number of nitrogens with one attached hydrogen (secondary N) is 1. The second-order valence-electron chi connectivity index (χ2n) is 6.43. The van der Waals surface area contributed by atoms with Gasteiger partial charge >= 0.3 is 17.9 Å². The maximum Gasteiger partial charge on any atom is 0.326 e. The van der Waals surface area contributed by atoms with Gasteiger partial charge in [-0.3, -0.25) is 14.4 Å². The molecule has 1 saturated heterocycles. The summed E-state index contributed by atoms with van der Waals surface area (Å²) in [5.74, 6) is -4.64. The van der Waals surface area contributed by atoms with Gasteiger partial charge in [-0.1, -0.05) is 0 Å². The van der Waals surface area contributed by atoms with Crippen molar-refractivity contribution in [3.05, 3.63) is 29.8 Å². The SMILES string of the molecule is O=C(O)CC[C@H](NC(=O)c1ccc(S(=O)(=O)N2CCC[C@H]2C(=O)O)cc1)C(=O)O. The number of benzene rings is 1. The van der Waals surface area contributed by atoms with Crippen LogP contribution in [0.2, 0.25) is 0 Å². The van der Waals surface area contributed by atoms with E-state index in [0.717, 1.165) is 16.4 Å². The number of aliphatic carboxylic acids is 3. The molecule has 11 nitrogen and oxygen atoms in total. The van der Waals surface area contributed by atoms with Crippen LogP contribution in [0.5, 0.6) is 0 Å². The average molecular weight is 428 g/mol. The van der Waals surface area contributed by atoms with Crippen LogP contribution in [0.3, 0.4) is 0 Å². The highest BCUT2D eigenvalue weighted by molar-refractivity contribution is 7.89. The minimum Gasteiger partial charge on any atom is -0.481 e. The smallest absolute Gasteiger partial charge is 0.326 e. The summed E-state index contributed by atoms with van der Waals surface area (Å²) in [7, 11) is -4.07. The monoisotopic (exact) mass is 428 g/mol. The molecule has 1 heterocycles. The summed E-state index contributed by atoms with van der Waals surface area (Å²) in [6.07, 6.45) is -0.130. The third kappa shape index (κ3) is 5.29. The third-order valence-electron chi connectivity index (χ3n) is 4.46. The van der Waals surface area contributed by atoms with Crippen LogP contribution in [0, 0.1) is 0 Å². The van der Waals surface area contributed by atoms with E-state index in [-0.39, 0.29) is 29.8 Å². The van der Waals surface area contributed by atoms with Crippen molar-refractivity contribution in [3.8, 4) is 0 Å². The molecular formula is C17H20N2O9S. The van der Waals surface area contributed by atoms with Crippen LogP contribution in [0.25, 0.3) is 0 Å². The van der Waals surface area contributed by atoms with Crippen molar-refractivity contribution in [3.63, 3.8) is 0 Å². The van der Waals surface area contributed by atoms with Crippen LogP contribution in [0.4, 0.5) is 0 Å². The van der Waals surface area contributed by atoms with Gasteiger partial charge in [-0.25, -0.2) is 13.2 Å². The Morgan fingerprint density at radius 2 is 1.72 bits per heavy atom. The van der Waals surface area contributed by atoms with Gasteiger partial charge in [-0.2, -0.15) is 4.31 Å². The second-order valence-corrected chi connectivity index (χ2v) is 8.32. The summed E-state index contributed by atoms with van der Waals surface area (Å²) >= 11 is 0. The number of carboxylic acids is 3. The number of carbonyl (C=O) groups excluding carboxylic acids is 1.